The highest BCUT2D eigenvalue weighted by Gasteiger charge is 2.45. The molecule has 1 fully saturated rings. The minimum atomic E-state index is -0.681. The Kier molecular flexibility index (Phi) is 6.23. The number of benzene rings is 2. The monoisotopic (exact) mass is 462 g/mol. The molecule has 7 heteroatoms. The summed E-state index contributed by atoms with van der Waals surface area (Å²) in [5.41, 5.74) is 1.29. The van der Waals surface area contributed by atoms with Crippen LogP contribution >= 0.6 is 27.5 Å². The van der Waals surface area contributed by atoms with Gasteiger partial charge in [-0.1, -0.05) is 39.7 Å². The number of amides is 1. The number of likely N-dealkylation sites (N-methyl/N-ethyl adjacent to an activating group) is 1. The predicted octanol–water partition coefficient (Wildman–Crippen LogP) is 4.09. The van der Waals surface area contributed by atoms with Crippen LogP contribution in [-0.4, -0.2) is 53.8 Å². The molecule has 1 heterocycles. The number of ketones is 1. The fourth-order valence-corrected chi connectivity index (χ4v) is 3.56. The molecule has 2 aromatic carbocycles. The maximum absolute atomic E-state index is 12.8. The van der Waals surface area contributed by atoms with E-state index >= 15 is 0 Å². The van der Waals surface area contributed by atoms with Crippen LogP contribution < -0.4 is 0 Å². The van der Waals surface area contributed by atoms with Gasteiger partial charge in [-0.3, -0.25) is 9.59 Å². The summed E-state index contributed by atoms with van der Waals surface area (Å²) in [6.07, 6.45) is 0. The number of carbonyl (C=O) groups excluding carboxylic acids is 2. The van der Waals surface area contributed by atoms with E-state index in [9.17, 15) is 14.7 Å². The summed E-state index contributed by atoms with van der Waals surface area (Å²) in [5, 5.41) is 11.4. The van der Waals surface area contributed by atoms with Gasteiger partial charge in [-0.15, -0.1) is 0 Å². The topological polar surface area (TPSA) is 60.9 Å². The molecule has 1 aliphatic rings. The van der Waals surface area contributed by atoms with E-state index in [1.165, 1.54) is 4.90 Å². The van der Waals surface area contributed by atoms with E-state index in [0.29, 0.717) is 23.7 Å². The zero-order valence-electron chi connectivity index (χ0n) is 15.5. The summed E-state index contributed by atoms with van der Waals surface area (Å²) >= 11 is 9.33. The first-order valence-corrected chi connectivity index (χ1v) is 9.91. The lowest BCUT2D eigenvalue weighted by Crippen LogP contribution is -2.35. The second-order valence-electron chi connectivity index (χ2n) is 6.85. The van der Waals surface area contributed by atoms with Crippen LogP contribution in [0, 0.1) is 0 Å². The summed E-state index contributed by atoms with van der Waals surface area (Å²) in [4.78, 5) is 29.0. The first-order valence-electron chi connectivity index (χ1n) is 8.74. The van der Waals surface area contributed by atoms with Gasteiger partial charge in [0.25, 0.3) is 11.7 Å². The third kappa shape index (κ3) is 4.14. The zero-order chi connectivity index (χ0) is 20.4. The number of hydrogen-bond donors (Lipinski definition) is 1. The van der Waals surface area contributed by atoms with E-state index < -0.39 is 17.7 Å². The molecule has 1 atom stereocenters. The van der Waals surface area contributed by atoms with E-state index in [1.54, 1.807) is 24.3 Å². The number of nitrogens with zero attached hydrogens (tertiary/aromatic N) is 2. The molecule has 1 saturated heterocycles. The van der Waals surface area contributed by atoms with Gasteiger partial charge < -0.3 is 14.9 Å². The Morgan fingerprint density at radius 3 is 2.29 bits per heavy atom. The van der Waals surface area contributed by atoms with Gasteiger partial charge in [0, 0.05) is 28.1 Å². The van der Waals surface area contributed by atoms with Crippen molar-refractivity contribution in [3.05, 3.63) is 74.7 Å². The first-order chi connectivity index (χ1) is 13.3. The highest BCUT2D eigenvalue weighted by Crippen LogP contribution is 2.39. The molecule has 28 heavy (non-hydrogen) atoms. The van der Waals surface area contributed by atoms with Crippen LogP contribution in [0.25, 0.3) is 5.76 Å². The van der Waals surface area contributed by atoms with Crippen molar-refractivity contribution >= 4 is 45.0 Å². The molecule has 5 nitrogen and oxygen atoms in total. The standard InChI is InChI=1S/C21H20BrClN2O3/c1-24(2)11-12-25-18(13-3-7-15(22)8-4-13)17(20(27)21(25)28)19(26)14-5-9-16(23)10-6-14/h3-10,18,26H,11-12H2,1-2H3/b19-17+. The van der Waals surface area contributed by atoms with Gasteiger partial charge in [-0.05, 0) is 56.1 Å². The Hall–Kier alpha value is -2.15. The molecule has 3 rings (SSSR count). The van der Waals surface area contributed by atoms with Gasteiger partial charge in [0.1, 0.15) is 5.76 Å². The molecule has 0 aliphatic carbocycles. The molecule has 0 aromatic heterocycles. The van der Waals surface area contributed by atoms with Crippen LogP contribution in [0.4, 0.5) is 0 Å². The minimum Gasteiger partial charge on any atom is -0.507 e. The van der Waals surface area contributed by atoms with Gasteiger partial charge >= 0.3 is 0 Å². The summed E-state index contributed by atoms with van der Waals surface area (Å²) in [7, 11) is 3.80. The SMILES string of the molecule is CN(C)CCN1C(=O)C(=O)/C(=C(/O)c2ccc(Cl)cc2)C1c1ccc(Br)cc1. The van der Waals surface area contributed by atoms with Gasteiger partial charge in [0.05, 0.1) is 11.6 Å². The molecule has 0 radical (unpaired) electrons. The Labute approximate surface area is 177 Å². The maximum atomic E-state index is 12.8. The third-order valence-corrected chi connectivity index (χ3v) is 5.41. The summed E-state index contributed by atoms with van der Waals surface area (Å²) in [6.45, 7) is 0.969. The lowest BCUT2D eigenvalue weighted by atomic mass is 9.95. The molecule has 0 spiro atoms. The minimum absolute atomic E-state index is 0.0911. The van der Waals surface area contributed by atoms with Gasteiger partial charge in [-0.2, -0.15) is 0 Å². The van der Waals surface area contributed by atoms with Crippen LogP contribution in [-0.2, 0) is 9.59 Å². The number of aliphatic hydroxyl groups is 1. The average Bonchev–Trinajstić information content (AvgIpc) is 2.91. The molecule has 1 amide bonds. The fraction of sp³-hybridized carbons (Fsp3) is 0.238. The second-order valence-corrected chi connectivity index (χ2v) is 8.21. The van der Waals surface area contributed by atoms with Crippen molar-refractivity contribution in [1.82, 2.24) is 9.80 Å². The number of halogens is 2. The van der Waals surface area contributed by atoms with Crippen molar-refractivity contribution in [3.63, 3.8) is 0 Å². The van der Waals surface area contributed by atoms with Gasteiger partial charge in [0.2, 0.25) is 0 Å². The second kappa shape index (κ2) is 8.47. The number of rotatable bonds is 5. The van der Waals surface area contributed by atoms with Crippen molar-refractivity contribution in [2.45, 2.75) is 6.04 Å². The molecule has 146 valence electrons. The lowest BCUT2D eigenvalue weighted by Gasteiger charge is -2.26. The third-order valence-electron chi connectivity index (χ3n) is 4.63. The first kappa shape index (κ1) is 20.6. The van der Waals surface area contributed by atoms with Gasteiger partial charge in [0.15, 0.2) is 0 Å². The summed E-state index contributed by atoms with van der Waals surface area (Å²) < 4.78 is 0.888. The molecule has 0 bridgehead atoms. The number of Topliss-reactive ketones (excluding diaryl/α,β-unsaturated/α-hetero) is 1. The molecular formula is C21H20BrClN2O3. The highest BCUT2D eigenvalue weighted by atomic mass is 79.9. The molecule has 0 saturated carbocycles. The van der Waals surface area contributed by atoms with Crippen LogP contribution in [0.1, 0.15) is 17.2 Å². The van der Waals surface area contributed by atoms with Gasteiger partial charge in [-0.25, -0.2) is 0 Å². The molecule has 2 aromatic rings. The number of hydrogen-bond acceptors (Lipinski definition) is 4. The maximum Gasteiger partial charge on any atom is 0.295 e. The van der Waals surface area contributed by atoms with Crippen molar-refractivity contribution in [2.75, 3.05) is 27.2 Å². The molecule has 1 N–H and O–H groups in total. The summed E-state index contributed by atoms with van der Waals surface area (Å²) in [6, 6.07) is 13.3. The number of likely N-dealkylation sites (tertiary alicyclic amines) is 1. The van der Waals surface area contributed by atoms with Crippen LogP contribution in [0.15, 0.2) is 58.6 Å². The van der Waals surface area contributed by atoms with E-state index in [4.69, 9.17) is 11.6 Å². The predicted molar refractivity (Wildman–Crippen MR) is 113 cm³/mol. The van der Waals surface area contributed by atoms with Crippen LogP contribution in [0.2, 0.25) is 5.02 Å². The molecule has 1 aliphatic heterocycles. The highest BCUT2D eigenvalue weighted by molar-refractivity contribution is 9.10. The quantitative estimate of drug-likeness (QED) is 0.412. The van der Waals surface area contributed by atoms with Crippen molar-refractivity contribution in [1.29, 1.82) is 0 Å². The Morgan fingerprint density at radius 2 is 1.71 bits per heavy atom. The largest absolute Gasteiger partial charge is 0.507 e. The Bertz CT molecular complexity index is 924. The zero-order valence-corrected chi connectivity index (χ0v) is 17.9. The normalized spacial score (nSPS) is 18.9. The van der Waals surface area contributed by atoms with Crippen molar-refractivity contribution < 1.29 is 14.7 Å². The van der Waals surface area contributed by atoms with E-state index in [0.717, 1.165) is 10.0 Å². The lowest BCUT2D eigenvalue weighted by molar-refractivity contribution is -0.140. The molecular weight excluding hydrogens is 444 g/mol. The summed E-state index contributed by atoms with van der Waals surface area (Å²) in [5.74, 6) is -1.49. The fourth-order valence-electron chi connectivity index (χ4n) is 3.17. The average molecular weight is 464 g/mol. The Morgan fingerprint density at radius 1 is 1.11 bits per heavy atom. The number of aliphatic hydroxyl groups excluding tert-OH is 1. The number of carbonyl (C=O) groups is 2. The Balaban J connectivity index is 2.13. The van der Waals surface area contributed by atoms with E-state index in [-0.39, 0.29) is 11.3 Å². The molecule has 1 unspecified atom stereocenters. The van der Waals surface area contributed by atoms with Crippen molar-refractivity contribution in [3.8, 4) is 0 Å². The van der Waals surface area contributed by atoms with E-state index in [2.05, 4.69) is 15.9 Å². The van der Waals surface area contributed by atoms with Crippen molar-refractivity contribution in [2.24, 2.45) is 0 Å². The smallest absolute Gasteiger partial charge is 0.295 e. The van der Waals surface area contributed by atoms with E-state index in [1.807, 2.05) is 43.3 Å². The van der Waals surface area contributed by atoms with Crippen LogP contribution in [0.5, 0.6) is 0 Å². The van der Waals surface area contributed by atoms with Crippen LogP contribution in [0.3, 0.4) is 0 Å².